The Bertz CT molecular complexity index is 703. The molecule has 112 valence electrons. The van der Waals surface area contributed by atoms with Crippen LogP contribution in [-0.2, 0) is 16.6 Å². The molecule has 0 saturated carbocycles. The highest BCUT2D eigenvalue weighted by Crippen LogP contribution is 2.13. The van der Waals surface area contributed by atoms with Gasteiger partial charge in [0.15, 0.2) is 0 Å². The first-order chi connectivity index (χ1) is 10.0. The first kappa shape index (κ1) is 15.2. The van der Waals surface area contributed by atoms with Crippen molar-refractivity contribution in [1.29, 1.82) is 0 Å². The van der Waals surface area contributed by atoms with Crippen LogP contribution >= 0.6 is 0 Å². The number of methoxy groups -OCH3 is 1. The van der Waals surface area contributed by atoms with E-state index in [1.165, 1.54) is 12.4 Å². The van der Waals surface area contributed by atoms with Crippen LogP contribution in [0.15, 0.2) is 41.6 Å². The molecule has 0 amide bonds. The van der Waals surface area contributed by atoms with Gasteiger partial charge in [-0.25, -0.2) is 29.0 Å². The van der Waals surface area contributed by atoms with E-state index >= 15 is 0 Å². The van der Waals surface area contributed by atoms with Gasteiger partial charge in [-0.15, -0.1) is 0 Å². The number of ether oxygens (including phenoxy) is 1. The van der Waals surface area contributed by atoms with Gasteiger partial charge in [-0.1, -0.05) is 12.1 Å². The van der Waals surface area contributed by atoms with Crippen LogP contribution < -0.4 is 20.7 Å². The van der Waals surface area contributed by atoms with Gasteiger partial charge >= 0.3 is 0 Å². The molecule has 0 aliphatic carbocycles. The van der Waals surface area contributed by atoms with Gasteiger partial charge in [0.05, 0.1) is 19.5 Å². The lowest BCUT2D eigenvalue weighted by Gasteiger charge is -2.08. The summed E-state index contributed by atoms with van der Waals surface area (Å²) in [6.45, 7) is 0.135. The third-order valence-electron chi connectivity index (χ3n) is 2.67. The van der Waals surface area contributed by atoms with E-state index in [4.69, 9.17) is 10.6 Å². The number of hydrogen-bond acceptors (Lipinski definition) is 7. The fraction of sp³-hybridized carbons (Fsp3) is 0.167. The summed E-state index contributed by atoms with van der Waals surface area (Å²) in [5.74, 6) is 5.92. The van der Waals surface area contributed by atoms with Crippen LogP contribution in [0.3, 0.4) is 0 Å². The molecule has 8 nitrogen and oxygen atoms in total. The number of nitrogens with zero attached hydrogens (tertiary/aromatic N) is 2. The van der Waals surface area contributed by atoms with Crippen LogP contribution in [0.25, 0.3) is 0 Å². The molecule has 1 aromatic heterocycles. The molecule has 0 bridgehead atoms. The molecule has 0 spiro atoms. The minimum absolute atomic E-state index is 0.0376. The number of hydrogen-bond donors (Lipinski definition) is 3. The number of sulfonamides is 1. The molecule has 0 aliphatic heterocycles. The number of nitrogens with two attached hydrogens (primary N) is 1. The number of nitrogens with one attached hydrogen (secondary N) is 2. The fourth-order valence-corrected chi connectivity index (χ4v) is 2.48. The van der Waals surface area contributed by atoms with Gasteiger partial charge in [-0.3, -0.25) is 5.43 Å². The van der Waals surface area contributed by atoms with E-state index in [9.17, 15) is 8.42 Å². The van der Waals surface area contributed by atoms with Gasteiger partial charge in [-0.2, -0.15) is 0 Å². The van der Waals surface area contributed by atoms with Crippen LogP contribution in [0, 0.1) is 0 Å². The predicted molar refractivity (Wildman–Crippen MR) is 76.9 cm³/mol. The molecule has 0 saturated heterocycles. The Morgan fingerprint density at radius 2 is 2.00 bits per heavy atom. The number of rotatable bonds is 6. The molecule has 9 heteroatoms. The lowest BCUT2D eigenvalue weighted by atomic mass is 10.2. The second-order valence-corrected chi connectivity index (χ2v) is 5.83. The summed E-state index contributed by atoms with van der Waals surface area (Å²) < 4.78 is 31.7. The Morgan fingerprint density at radius 1 is 1.29 bits per heavy atom. The molecule has 1 heterocycles. The third kappa shape index (κ3) is 3.88. The van der Waals surface area contributed by atoms with E-state index in [2.05, 4.69) is 20.1 Å². The second-order valence-electron chi connectivity index (χ2n) is 4.06. The second kappa shape index (κ2) is 6.48. The maximum Gasteiger partial charge on any atom is 0.243 e. The largest absolute Gasteiger partial charge is 0.497 e. The highest BCUT2D eigenvalue weighted by atomic mass is 32.2. The highest BCUT2D eigenvalue weighted by Gasteiger charge is 2.15. The van der Waals surface area contributed by atoms with E-state index in [-0.39, 0.29) is 17.4 Å². The molecule has 4 N–H and O–H groups in total. The number of anilines is 1. The molecule has 21 heavy (non-hydrogen) atoms. The quantitative estimate of drug-likeness (QED) is 0.517. The third-order valence-corrected chi connectivity index (χ3v) is 4.02. The van der Waals surface area contributed by atoms with Crippen LogP contribution in [0.1, 0.15) is 5.56 Å². The zero-order valence-electron chi connectivity index (χ0n) is 11.3. The molecule has 0 aliphatic rings. The number of benzene rings is 1. The number of nitrogen functional groups attached to an aromatic ring is 1. The average molecular weight is 309 g/mol. The molecular formula is C12H15N5O3S. The Morgan fingerprint density at radius 3 is 2.62 bits per heavy atom. The van der Waals surface area contributed by atoms with E-state index in [0.29, 0.717) is 5.75 Å². The zero-order valence-corrected chi connectivity index (χ0v) is 12.1. The van der Waals surface area contributed by atoms with Gasteiger partial charge in [-0.05, 0) is 17.7 Å². The molecular weight excluding hydrogens is 294 g/mol. The van der Waals surface area contributed by atoms with E-state index in [1.54, 1.807) is 31.4 Å². The first-order valence-corrected chi connectivity index (χ1v) is 7.45. The lowest BCUT2D eigenvalue weighted by molar-refractivity contribution is 0.414. The summed E-state index contributed by atoms with van der Waals surface area (Å²) in [7, 11) is -2.14. The van der Waals surface area contributed by atoms with Crippen molar-refractivity contribution in [2.45, 2.75) is 11.4 Å². The Labute approximate surface area is 122 Å². The monoisotopic (exact) mass is 309 g/mol. The molecule has 0 radical (unpaired) electrons. The van der Waals surface area contributed by atoms with Gasteiger partial charge in [0.25, 0.3) is 0 Å². The van der Waals surface area contributed by atoms with Crippen molar-refractivity contribution in [3.63, 3.8) is 0 Å². The number of aromatic nitrogens is 2. The zero-order chi connectivity index (χ0) is 15.3. The van der Waals surface area contributed by atoms with Crippen molar-refractivity contribution in [1.82, 2.24) is 14.7 Å². The van der Waals surface area contributed by atoms with Crippen molar-refractivity contribution < 1.29 is 13.2 Å². The summed E-state index contributed by atoms with van der Waals surface area (Å²) in [6.07, 6.45) is 2.35. The van der Waals surface area contributed by atoms with Crippen molar-refractivity contribution in [2.75, 3.05) is 12.5 Å². The Kier molecular flexibility index (Phi) is 4.68. The molecule has 0 unspecified atom stereocenters. The van der Waals surface area contributed by atoms with Crippen molar-refractivity contribution in [2.24, 2.45) is 5.84 Å². The average Bonchev–Trinajstić information content (AvgIpc) is 2.53. The van der Waals surface area contributed by atoms with Gasteiger partial charge in [0.2, 0.25) is 16.0 Å². The Hall–Kier alpha value is -2.23. The normalized spacial score (nSPS) is 11.1. The maximum atomic E-state index is 12.1. The number of hydrazine groups is 1. The van der Waals surface area contributed by atoms with Crippen molar-refractivity contribution in [3.05, 3.63) is 42.2 Å². The SMILES string of the molecule is COc1cccc(CNS(=O)(=O)c2cnc(NN)nc2)c1. The van der Waals surface area contributed by atoms with Crippen LogP contribution in [0.2, 0.25) is 0 Å². The smallest absolute Gasteiger partial charge is 0.243 e. The van der Waals surface area contributed by atoms with Crippen molar-refractivity contribution >= 4 is 16.0 Å². The van der Waals surface area contributed by atoms with Crippen LogP contribution in [0.5, 0.6) is 5.75 Å². The van der Waals surface area contributed by atoms with Crippen LogP contribution in [0.4, 0.5) is 5.95 Å². The highest BCUT2D eigenvalue weighted by molar-refractivity contribution is 7.89. The molecule has 0 fully saturated rings. The van der Waals surface area contributed by atoms with E-state index in [1.807, 2.05) is 0 Å². The molecule has 1 aromatic carbocycles. The minimum Gasteiger partial charge on any atom is -0.497 e. The first-order valence-electron chi connectivity index (χ1n) is 5.96. The topological polar surface area (TPSA) is 119 Å². The van der Waals surface area contributed by atoms with E-state index in [0.717, 1.165) is 5.56 Å². The summed E-state index contributed by atoms with van der Waals surface area (Å²) in [5, 5.41) is 0. The molecule has 2 rings (SSSR count). The van der Waals surface area contributed by atoms with Gasteiger partial charge in [0, 0.05) is 6.54 Å². The Balaban J connectivity index is 2.09. The predicted octanol–water partition coefficient (Wildman–Crippen LogP) is 0.249. The van der Waals surface area contributed by atoms with Crippen molar-refractivity contribution in [3.8, 4) is 5.75 Å². The minimum atomic E-state index is -3.69. The summed E-state index contributed by atoms with van der Waals surface area (Å²) in [5.41, 5.74) is 3.00. The standard InChI is InChI=1S/C12H15N5O3S/c1-20-10-4-2-3-9(5-10)6-16-21(18,19)11-7-14-12(17-13)15-8-11/h2-5,7-8,16H,6,13H2,1H3,(H,14,15,17). The molecule has 0 atom stereocenters. The van der Waals surface area contributed by atoms with Gasteiger partial charge in [0.1, 0.15) is 10.6 Å². The summed E-state index contributed by atoms with van der Waals surface area (Å²) in [6, 6.07) is 7.11. The van der Waals surface area contributed by atoms with E-state index < -0.39 is 10.0 Å². The maximum absolute atomic E-state index is 12.1. The van der Waals surface area contributed by atoms with Gasteiger partial charge < -0.3 is 4.74 Å². The fourth-order valence-electron chi connectivity index (χ4n) is 1.57. The molecule has 2 aromatic rings. The van der Waals surface area contributed by atoms with Crippen LogP contribution in [-0.4, -0.2) is 25.5 Å². The lowest BCUT2D eigenvalue weighted by Crippen LogP contribution is -2.24. The summed E-state index contributed by atoms with van der Waals surface area (Å²) >= 11 is 0. The summed E-state index contributed by atoms with van der Waals surface area (Å²) in [4.78, 5) is 7.48.